The van der Waals surface area contributed by atoms with Crippen LogP contribution in [0.1, 0.15) is 64.7 Å². The molecule has 0 atom stereocenters. The molecule has 0 unspecified atom stereocenters. The molecule has 116 valence electrons. The Kier molecular flexibility index (Phi) is 5.44. The molecular formula is C16H30N2O2. The third-order valence-corrected chi connectivity index (χ3v) is 5.26. The van der Waals surface area contributed by atoms with Gasteiger partial charge in [0.05, 0.1) is 17.6 Å². The van der Waals surface area contributed by atoms with Gasteiger partial charge in [-0.25, -0.2) is 0 Å². The lowest BCUT2D eigenvalue weighted by molar-refractivity contribution is -0.136. The van der Waals surface area contributed by atoms with Gasteiger partial charge in [-0.3, -0.25) is 4.79 Å². The van der Waals surface area contributed by atoms with E-state index in [9.17, 15) is 9.90 Å². The molecule has 2 rings (SSSR count). The van der Waals surface area contributed by atoms with Crippen LogP contribution in [0.3, 0.4) is 0 Å². The summed E-state index contributed by atoms with van der Waals surface area (Å²) < 4.78 is 0. The molecule has 1 aliphatic carbocycles. The van der Waals surface area contributed by atoms with Crippen molar-refractivity contribution >= 4 is 5.91 Å². The van der Waals surface area contributed by atoms with Gasteiger partial charge in [0, 0.05) is 0 Å². The van der Waals surface area contributed by atoms with Crippen LogP contribution in [0.5, 0.6) is 0 Å². The fourth-order valence-corrected chi connectivity index (χ4v) is 3.90. The third-order valence-electron chi connectivity index (χ3n) is 5.26. The monoisotopic (exact) mass is 282 g/mol. The van der Waals surface area contributed by atoms with Gasteiger partial charge in [-0.15, -0.1) is 0 Å². The molecule has 20 heavy (non-hydrogen) atoms. The number of carbonyl (C=O) groups excluding carboxylic acids is 1. The first-order valence-corrected chi connectivity index (χ1v) is 8.31. The van der Waals surface area contributed by atoms with E-state index in [0.717, 1.165) is 64.5 Å². The Morgan fingerprint density at radius 3 is 2.35 bits per heavy atom. The molecule has 0 radical (unpaired) electrons. The number of amides is 1. The molecule has 2 aliphatic rings. The first-order valence-electron chi connectivity index (χ1n) is 8.31. The molecule has 2 fully saturated rings. The molecule has 0 aromatic rings. The maximum Gasteiger partial charge on any atom is 0.226 e. The van der Waals surface area contributed by atoms with Gasteiger partial charge in [0.15, 0.2) is 0 Å². The summed E-state index contributed by atoms with van der Waals surface area (Å²) in [4.78, 5) is 12.9. The first kappa shape index (κ1) is 15.8. The molecular weight excluding hydrogens is 252 g/mol. The lowest BCUT2D eigenvalue weighted by atomic mass is 9.73. The van der Waals surface area contributed by atoms with E-state index in [0.29, 0.717) is 0 Å². The zero-order valence-electron chi connectivity index (χ0n) is 12.8. The van der Waals surface area contributed by atoms with Gasteiger partial charge in [0.25, 0.3) is 0 Å². The van der Waals surface area contributed by atoms with E-state index in [1.165, 1.54) is 6.42 Å². The number of nitrogens with one attached hydrogen (secondary N) is 2. The number of rotatable bonds is 5. The van der Waals surface area contributed by atoms with Crippen molar-refractivity contribution in [3.8, 4) is 0 Å². The summed E-state index contributed by atoms with van der Waals surface area (Å²) in [6, 6.07) is 0. The quantitative estimate of drug-likeness (QED) is 0.722. The van der Waals surface area contributed by atoms with E-state index in [2.05, 4.69) is 17.6 Å². The van der Waals surface area contributed by atoms with Crippen LogP contribution in [-0.2, 0) is 4.79 Å². The number of carbonyl (C=O) groups is 1. The zero-order chi connectivity index (χ0) is 14.5. The highest BCUT2D eigenvalue weighted by Crippen LogP contribution is 2.36. The number of hydrogen-bond donors (Lipinski definition) is 3. The van der Waals surface area contributed by atoms with E-state index in [4.69, 9.17) is 0 Å². The second-order valence-corrected chi connectivity index (χ2v) is 6.73. The largest absolute Gasteiger partial charge is 0.394 e. The Morgan fingerprint density at radius 2 is 1.80 bits per heavy atom. The van der Waals surface area contributed by atoms with Crippen molar-refractivity contribution in [1.29, 1.82) is 0 Å². The fraction of sp³-hybridized carbons (Fsp3) is 0.938. The summed E-state index contributed by atoms with van der Waals surface area (Å²) in [6.07, 6.45) is 9.16. The molecule has 4 heteroatoms. The second-order valence-electron chi connectivity index (χ2n) is 6.73. The van der Waals surface area contributed by atoms with E-state index < -0.39 is 0 Å². The summed E-state index contributed by atoms with van der Waals surface area (Å²) in [7, 11) is 0. The predicted octanol–water partition coefficient (Wildman–Crippen LogP) is 1.97. The maximum atomic E-state index is 12.9. The van der Waals surface area contributed by atoms with Crippen LogP contribution in [0.2, 0.25) is 0 Å². The number of piperidine rings is 1. The lowest BCUT2D eigenvalue weighted by Crippen LogP contribution is -2.58. The van der Waals surface area contributed by atoms with E-state index in [1.54, 1.807) is 0 Å². The van der Waals surface area contributed by atoms with Crippen LogP contribution in [0.15, 0.2) is 0 Å². The van der Waals surface area contributed by atoms with Crippen LogP contribution in [0.4, 0.5) is 0 Å². The average molecular weight is 282 g/mol. The van der Waals surface area contributed by atoms with Crippen molar-refractivity contribution in [2.24, 2.45) is 5.41 Å². The lowest BCUT2D eigenvalue weighted by Gasteiger charge is -2.42. The van der Waals surface area contributed by atoms with Gasteiger partial charge in [0.1, 0.15) is 0 Å². The molecule has 0 spiro atoms. The van der Waals surface area contributed by atoms with Gasteiger partial charge in [-0.1, -0.05) is 32.6 Å². The first-order chi connectivity index (χ1) is 9.66. The smallest absolute Gasteiger partial charge is 0.226 e. The minimum atomic E-state index is -0.346. The molecule has 1 saturated carbocycles. The molecule has 0 bridgehead atoms. The van der Waals surface area contributed by atoms with Crippen molar-refractivity contribution in [3.63, 3.8) is 0 Å². The Bertz CT molecular complexity index is 313. The number of hydrogen-bond acceptors (Lipinski definition) is 3. The van der Waals surface area contributed by atoms with Crippen molar-refractivity contribution < 1.29 is 9.90 Å². The van der Waals surface area contributed by atoms with Crippen molar-refractivity contribution in [2.45, 2.75) is 70.3 Å². The minimum Gasteiger partial charge on any atom is -0.394 e. The van der Waals surface area contributed by atoms with Crippen molar-refractivity contribution in [2.75, 3.05) is 19.7 Å². The molecule has 1 amide bonds. The molecule has 0 aromatic carbocycles. The summed E-state index contributed by atoms with van der Waals surface area (Å²) in [5.74, 6) is 0.191. The highest BCUT2D eigenvalue weighted by molar-refractivity contribution is 5.83. The SMILES string of the molecule is CCCC1(C(=O)NC2(CO)CCCCC2)CCNCC1. The second kappa shape index (κ2) is 6.90. The van der Waals surface area contributed by atoms with Crippen molar-refractivity contribution in [1.82, 2.24) is 10.6 Å². The minimum absolute atomic E-state index is 0.0825. The molecule has 0 aromatic heterocycles. The Morgan fingerprint density at radius 1 is 1.15 bits per heavy atom. The van der Waals surface area contributed by atoms with Gasteiger partial charge in [-0.2, -0.15) is 0 Å². The highest BCUT2D eigenvalue weighted by atomic mass is 16.3. The summed E-state index contributed by atoms with van der Waals surface area (Å²) in [5.41, 5.74) is -0.555. The van der Waals surface area contributed by atoms with Crippen LogP contribution in [0, 0.1) is 5.41 Å². The van der Waals surface area contributed by atoms with E-state index >= 15 is 0 Å². The van der Waals surface area contributed by atoms with E-state index in [1.807, 2.05) is 0 Å². The Balaban J connectivity index is 2.06. The third kappa shape index (κ3) is 3.34. The van der Waals surface area contributed by atoms with Crippen LogP contribution >= 0.6 is 0 Å². The standard InChI is InChI=1S/C16H30N2O2/c1-2-6-15(9-11-17-12-10-15)14(20)18-16(13-19)7-4-3-5-8-16/h17,19H,2-13H2,1H3,(H,18,20). The summed E-state index contributed by atoms with van der Waals surface area (Å²) >= 11 is 0. The average Bonchev–Trinajstić information content (AvgIpc) is 2.49. The maximum absolute atomic E-state index is 12.9. The van der Waals surface area contributed by atoms with Gasteiger partial charge >= 0.3 is 0 Å². The molecule has 4 nitrogen and oxygen atoms in total. The Labute approximate surface area is 122 Å². The van der Waals surface area contributed by atoms with Crippen LogP contribution in [-0.4, -0.2) is 36.2 Å². The van der Waals surface area contributed by atoms with E-state index in [-0.39, 0.29) is 23.5 Å². The van der Waals surface area contributed by atoms with Gasteiger partial charge in [-0.05, 0) is 45.2 Å². The predicted molar refractivity (Wildman–Crippen MR) is 80.5 cm³/mol. The summed E-state index contributed by atoms with van der Waals surface area (Å²) in [5, 5.41) is 16.4. The summed E-state index contributed by atoms with van der Waals surface area (Å²) in [6.45, 7) is 4.10. The zero-order valence-corrected chi connectivity index (χ0v) is 12.8. The molecule has 1 heterocycles. The van der Waals surface area contributed by atoms with Crippen LogP contribution < -0.4 is 10.6 Å². The normalized spacial score (nSPS) is 25.1. The molecule has 1 saturated heterocycles. The molecule has 1 aliphatic heterocycles. The van der Waals surface area contributed by atoms with Crippen LogP contribution in [0.25, 0.3) is 0 Å². The number of aliphatic hydroxyl groups excluding tert-OH is 1. The van der Waals surface area contributed by atoms with Crippen molar-refractivity contribution in [3.05, 3.63) is 0 Å². The molecule has 3 N–H and O–H groups in total. The van der Waals surface area contributed by atoms with Gasteiger partial charge < -0.3 is 15.7 Å². The fourth-order valence-electron chi connectivity index (χ4n) is 3.90. The topological polar surface area (TPSA) is 61.4 Å². The Hall–Kier alpha value is -0.610. The highest BCUT2D eigenvalue weighted by Gasteiger charge is 2.42. The van der Waals surface area contributed by atoms with Gasteiger partial charge in [0.2, 0.25) is 5.91 Å². The number of aliphatic hydroxyl groups is 1.